The highest BCUT2D eigenvalue weighted by molar-refractivity contribution is 5.69. The Hall–Kier alpha value is -1.10. The number of hydrogen-bond acceptors (Lipinski definition) is 5. The molecule has 4 atom stereocenters. The van der Waals surface area contributed by atoms with Crippen molar-refractivity contribution in [3.8, 4) is 0 Å². The molecule has 2 bridgehead atoms. The fourth-order valence-electron chi connectivity index (χ4n) is 10.9. The van der Waals surface area contributed by atoms with Gasteiger partial charge in [0.2, 0.25) is 0 Å². The predicted octanol–water partition coefficient (Wildman–Crippen LogP) is 12.6. The van der Waals surface area contributed by atoms with Gasteiger partial charge in [-0.3, -0.25) is 9.59 Å². The summed E-state index contributed by atoms with van der Waals surface area (Å²) in [7, 11) is 0. The van der Waals surface area contributed by atoms with Crippen LogP contribution >= 0.6 is 0 Å². The lowest BCUT2D eigenvalue weighted by molar-refractivity contribution is -0.144. The number of rotatable bonds is 29. The molecule has 1 N–H and O–H groups in total. The lowest BCUT2D eigenvalue weighted by atomic mass is 9.47. The van der Waals surface area contributed by atoms with Crippen LogP contribution in [0.4, 0.5) is 0 Å². The minimum absolute atomic E-state index is 0.0175. The van der Waals surface area contributed by atoms with E-state index in [0.717, 1.165) is 76.0 Å². The molecule has 0 aromatic heterocycles. The number of ether oxygens (including phenoxy) is 2. The number of fused-ring (bicyclic) bond motifs is 2. The first-order valence-electron chi connectivity index (χ1n) is 21.5. The average molecular weight is 691 g/mol. The summed E-state index contributed by atoms with van der Waals surface area (Å²) < 4.78 is 11.5. The largest absolute Gasteiger partial charge is 0.466 e. The maximum Gasteiger partial charge on any atom is 0.305 e. The predicted molar refractivity (Wildman–Crippen MR) is 205 cm³/mol. The van der Waals surface area contributed by atoms with Crippen LogP contribution in [-0.2, 0) is 19.1 Å². The summed E-state index contributed by atoms with van der Waals surface area (Å²) in [6, 6.07) is 0. The van der Waals surface area contributed by atoms with Crippen molar-refractivity contribution in [1.82, 2.24) is 0 Å². The number of carbonyl (C=O) groups is 2. The minimum Gasteiger partial charge on any atom is -0.466 e. The highest BCUT2D eigenvalue weighted by Gasteiger charge is 2.52. The van der Waals surface area contributed by atoms with Gasteiger partial charge in [0.05, 0.1) is 13.2 Å². The van der Waals surface area contributed by atoms with Crippen LogP contribution in [0.5, 0.6) is 0 Å². The second-order valence-electron chi connectivity index (χ2n) is 17.8. The van der Waals surface area contributed by atoms with Gasteiger partial charge in [-0.2, -0.15) is 0 Å². The van der Waals surface area contributed by atoms with Crippen molar-refractivity contribution in [2.24, 2.45) is 34.0 Å². The minimum atomic E-state index is -0.0189. The zero-order chi connectivity index (χ0) is 36.0. The molecular formula is C44H82O5. The average Bonchev–Trinajstić information content (AvgIpc) is 3.04. The van der Waals surface area contributed by atoms with Gasteiger partial charge in [-0.1, -0.05) is 119 Å². The van der Waals surface area contributed by atoms with E-state index in [1.54, 1.807) is 0 Å². The summed E-state index contributed by atoms with van der Waals surface area (Å²) in [6.45, 7) is 15.4. The maximum absolute atomic E-state index is 12.6. The van der Waals surface area contributed by atoms with Crippen LogP contribution < -0.4 is 0 Å². The molecule has 0 heterocycles. The SMILES string of the molecule is CCCC(CCC)CCCCC(=O)OCCCC1(C)CC2CC(C)(CCCO)CC(CCCOC(=O)CCCCC(CCC)CCC)(C2)C1. The van der Waals surface area contributed by atoms with Crippen molar-refractivity contribution in [3.05, 3.63) is 0 Å². The van der Waals surface area contributed by atoms with Gasteiger partial charge in [0.25, 0.3) is 0 Å². The van der Waals surface area contributed by atoms with Gasteiger partial charge in [-0.25, -0.2) is 0 Å². The number of hydrogen-bond donors (Lipinski definition) is 1. The molecule has 2 fully saturated rings. The molecule has 5 heteroatoms. The van der Waals surface area contributed by atoms with Gasteiger partial charge >= 0.3 is 11.9 Å². The molecule has 0 amide bonds. The topological polar surface area (TPSA) is 72.8 Å². The van der Waals surface area contributed by atoms with Crippen LogP contribution in [0.25, 0.3) is 0 Å². The molecule has 2 aliphatic carbocycles. The zero-order valence-corrected chi connectivity index (χ0v) is 33.5. The highest BCUT2D eigenvalue weighted by Crippen LogP contribution is 2.63. The Bertz CT molecular complexity index is 875. The van der Waals surface area contributed by atoms with E-state index in [0.29, 0.717) is 32.0 Å². The molecule has 49 heavy (non-hydrogen) atoms. The lowest BCUT2D eigenvalue weighted by Gasteiger charge is -2.58. The van der Waals surface area contributed by atoms with E-state index >= 15 is 0 Å². The molecule has 0 aromatic carbocycles. The maximum atomic E-state index is 12.6. The number of aliphatic hydroxyl groups is 1. The van der Waals surface area contributed by atoms with Crippen LogP contribution in [-0.4, -0.2) is 36.9 Å². The molecular weight excluding hydrogens is 608 g/mol. The van der Waals surface area contributed by atoms with E-state index in [-0.39, 0.29) is 34.8 Å². The highest BCUT2D eigenvalue weighted by atomic mass is 16.5. The van der Waals surface area contributed by atoms with Crippen molar-refractivity contribution >= 4 is 11.9 Å². The summed E-state index contributed by atoms with van der Waals surface area (Å²) in [5, 5.41) is 9.64. The summed E-state index contributed by atoms with van der Waals surface area (Å²) in [4.78, 5) is 25.1. The van der Waals surface area contributed by atoms with E-state index in [1.807, 2.05) is 0 Å². The van der Waals surface area contributed by atoms with Crippen LogP contribution in [0, 0.1) is 34.0 Å². The monoisotopic (exact) mass is 691 g/mol. The Morgan fingerprint density at radius 3 is 1.45 bits per heavy atom. The van der Waals surface area contributed by atoms with Crippen LogP contribution in [0.1, 0.15) is 215 Å². The molecule has 2 saturated carbocycles. The van der Waals surface area contributed by atoms with Gasteiger partial charge in [0, 0.05) is 19.4 Å². The molecule has 0 aliphatic heterocycles. The summed E-state index contributed by atoms with van der Waals surface area (Å²) in [5.74, 6) is 2.30. The Balaban J connectivity index is 1.81. The Morgan fingerprint density at radius 2 is 1.02 bits per heavy atom. The molecule has 0 radical (unpaired) electrons. The molecule has 4 unspecified atom stereocenters. The second-order valence-corrected chi connectivity index (χ2v) is 17.8. The fourth-order valence-corrected chi connectivity index (χ4v) is 10.9. The van der Waals surface area contributed by atoms with Crippen LogP contribution in [0.15, 0.2) is 0 Å². The molecule has 0 spiro atoms. The van der Waals surface area contributed by atoms with E-state index in [4.69, 9.17) is 9.47 Å². The summed E-state index contributed by atoms with van der Waals surface area (Å²) in [6.07, 6.45) is 30.3. The number of unbranched alkanes of at least 4 members (excludes halogenated alkanes) is 2. The molecule has 2 rings (SSSR count). The van der Waals surface area contributed by atoms with Crippen molar-refractivity contribution < 1.29 is 24.2 Å². The van der Waals surface area contributed by atoms with Crippen LogP contribution in [0.2, 0.25) is 0 Å². The Morgan fingerprint density at radius 1 is 0.592 bits per heavy atom. The van der Waals surface area contributed by atoms with Crippen molar-refractivity contribution in [3.63, 3.8) is 0 Å². The standard InChI is InChI=1S/C44H82O5/c1-7-18-37(19-8-2)22-11-13-24-40(46)48-30-16-27-43(6)33-39-32-42(5,26-15-29-45)35-44(34-39,36-43)28-17-31-49-41(47)25-14-12-23-38(20-9-3)21-10-4/h37-39,45H,7-36H2,1-6H3. The molecule has 0 saturated heterocycles. The quantitative estimate of drug-likeness (QED) is 0.0625. The first-order chi connectivity index (χ1) is 23.5. The number of esters is 2. The zero-order valence-electron chi connectivity index (χ0n) is 33.5. The van der Waals surface area contributed by atoms with Gasteiger partial charge in [-0.15, -0.1) is 0 Å². The lowest BCUT2D eigenvalue weighted by Crippen LogP contribution is -2.47. The van der Waals surface area contributed by atoms with Gasteiger partial charge < -0.3 is 14.6 Å². The van der Waals surface area contributed by atoms with E-state index < -0.39 is 0 Å². The molecule has 288 valence electrons. The van der Waals surface area contributed by atoms with E-state index in [1.165, 1.54) is 96.3 Å². The smallest absolute Gasteiger partial charge is 0.305 e. The molecule has 0 aromatic rings. The normalized spacial score (nSPS) is 25.2. The van der Waals surface area contributed by atoms with Crippen molar-refractivity contribution in [2.45, 2.75) is 215 Å². The third-order valence-electron chi connectivity index (χ3n) is 12.4. The third kappa shape index (κ3) is 17.8. The fraction of sp³-hybridized carbons (Fsp3) is 0.955. The van der Waals surface area contributed by atoms with E-state index in [9.17, 15) is 14.7 Å². The summed E-state index contributed by atoms with van der Waals surface area (Å²) in [5.41, 5.74) is 0.801. The molecule has 5 nitrogen and oxygen atoms in total. The second kappa shape index (κ2) is 24.2. The number of carbonyl (C=O) groups excluding carboxylic acids is 2. The van der Waals surface area contributed by atoms with Gasteiger partial charge in [0.15, 0.2) is 0 Å². The van der Waals surface area contributed by atoms with Crippen molar-refractivity contribution in [1.29, 1.82) is 0 Å². The Labute approximate surface area is 304 Å². The summed E-state index contributed by atoms with van der Waals surface area (Å²) >= 11 is 0. The Kier molecular flexibility index (Phi) is 21.8. The van der Waals surface area contributed by atoms with Gasteiger partial charge in [-0.05, 0) is 117 Å². The van der Waals surface area contributed by atoms with Crippen LogP contribution in [0.3, 0.4) is 0 Å². The molecule has 2 aliphatic rings. The van der Waals surface area contributed by atoms with Gasteiger partial charge in [0.1, 0.15) is 0 Å². The first-order valence-corrected chi connectivity index (χ1v) is 21.5. The van der Waals surface area contributed by atoms with E-state index in [2.05, 4.69) is 41.5 Å². The van der Waals surface area contributed by atoms with Crippen molar-refractivity contribution in [2.75, 3.05) is 19.8 Å². The third-order valence-corrected chi connectivity index (χ3v) is 12.4. The first kappa shape index (κ1) is 44.1. The number of aliphatic hydroxyl groups excluding tert-OH is 1.